The molecule has 0 amide bonds. The van der Waals surface area contributed by atoms with Gasteiger partial charge in [0.25, 0.3) is 0 Å². The van der Waals surface area contributed by atoms with Gasteiger partial charge in [0.05, 0.1) is 11.8 Å². The van der Waals surface area contributed by atoms with E-state index in [2.05, 4.69) is 0 Å². The molecule has 0 radical (unpaired) electrons. The molecule has 1 aromatic carbocycles. The minimum absolute atomic E-state index is 0.168. The van der Waals surface area contributed by atoms with Gasteiger partial charge in [-0.25, -0.2) is 5.06 Å². The van der Waals surface area contributed by atoms with E-state index in [0.29, 0.717) is 0 Å². The van der Waals surface area contributed by atoms with Crippen LogP contribution in [-0.4, -0.2) is 6.10 Å². The Kier molecular flexibility index (Phi) is 2.41. The van der Waals surface area contributed by atoms with Crippen molar-refractivity contribution >= 4 is 17.3 Å². The molecule has 2 aliphatic rings. The van der Waals surface area contributed by atoms with Crippen molar-refractivity contribution < 1.29 is 9.25 Å². The van der Waals surface area contributed by atoms with E-state index >= 15 is 0 Å². The Bertz CT molecular complexity index is 637. The summed E-state index contributed by atoms with van der Waals surface area (Å²) in [5, 5.41) is 2.77. The lowest BCUT2D eigenvalue weighted by Crippen LogP contribution is -2.27. The van der Waals surface area contributed by atoms with E-state index in [0.717, 1.165) is 35.1 Å². The zero-order valence-electron chi connectivity index (χ0n) is 10.6. The van der Waals surface area contributed by atoms with Crippen molar-refractivity contribution in [3.8, 4) is 0 Å². The van der Waals surface area contributed by atoms with Crippen LogP contribution in [0, 0.1) is 6.92 Å². The van der Waals surface area contributed by atoms with Gasteiger partial charge in [-0.2, -0.15) is 0 Å². The number of halogens is 1. The van der Waals surface area contributed by atoms with Gasteiger partial charge in [-0.3, -0.25) is 4.84 Å². The van der Waals surface area contributed by atoms with Gasteiger partial charge >= 0.3 is 0 Å². The summed E-state index contributed by atoms with van der Waals surface area (Å²) in [6.07, 6.45) is 2.10. The molecule has 2 aromatic rings. The Morgan fingerprint density at radius 3 is 2.95 bits per heavy atom. The van der Waals surface area contributed by atoms with Crippen molar-refractivity contribution in [2.24, 2.45) is 0 Å². The predicted molar refractivity (Wildman–Crippen MR) is 73.3 cm³/mol. The summed E-state index contributed by atoms with van der Waals surface area (Å²) < 4.78 is 5.77. The fraction of sp³-hybridized carbons (Fsp3) is 0.333. The number of rotatable bonds is 1. The summed E-state index contributed by atoms with van der Waals surface area (Å²) in [6, 6.07) is 10.2. The fourth-order valence-electron chi connectivity index (χ4n) is 3.01. The summed E-state index contributed by atoms with van der Waals surface area (Å²) >= 11 is 6.07. The lowest BCUT2D eigenvalue weighted by molar-refractivity contribution is 0.0724. The van der Waals surface area contributed by atoms with E-state index in [1.807, 2.05) is 42.3 Å². The number of furan rings is 1. The number of hydrogen-bond acceptors (Lipinski definition) is 3. The van der Waals surface area contributed by atoms with E-state index in [1.54, 1.807) is 0 Å². The minimum atomic E-state index is 0.168. The molecule has 0 saturated carbocycles. The molecule has 2 aliphatic heterocycles. The highest BCUT2D eigenvalue weighted by Crippen LogP contribution is 2.45. The van der Waals surface area contributed by atoms with Crippen LogP contribution in [0.3, 0.4) is 0 Å². The molecule has 2 atom stereocenters. The van der Waals surface area contributed by atoms with Gasteiger partial charge < -0.3 is 4.42 Å². The molecule has 98 valence electrons. The highest BCUT2D eigenvalue weighted by Gasteiger charge is 2.41. The minimum Gasteiger partial charge on any atom is -0.464 e. The summed E-state index contributed by atoms with van der Waals surface area (Å²) in [7, 11) is 0. The van der Waals surface area contributed by atoms with Crippen LogP contribution in [0.2, 0.25) is 5.02 Å². The van der Waals surface area contributed by atoms with Crippen molar-refractivity contribution in [2.75, 3.05) is 5.06 Å². The molecule has 0 N–H and O–H groups in total. The molecule has 3 heterocycles. The molecule has 0 unspecified atom stereocenters. The van der Waals surface area contributed by atoms with Crippen LogP contribution in [0.15, 0.2) is 34.7 Å². The molecule has 1 fully saturated rings. The standard InChI is InChI=1S/C15H14ClNO2/c1-9-2-5-15(18-9)14-8-12-7-10-6-11(16)3-4-13(10)17(14)19-12/h2-6,12,14H,7-8H2,1H3/t12-,14-/m0/s1. The average molecular weight is 276 g/mol. The number of hydroxylamine groups is 1. The Hall–Kier alpha value is -1.45. The van der Waals surface area contributed by atoms with Gasteiger partial charge in [-0.15, -0.1) is 0 Å². The van der Waals surface area contributed by atoms with Gasteiger partial charge in [0.15, 0.2) is 0 Å². The smallest absolute Gasteiger partial charge is 0.129 e. The monoisotopic (exact) mass is 275 g/mol. The predicted octanol–water partition coefficient (Wildman–Crippen LogP) is 4.05. The third-order valence-corrected chi connectivity index (χ3v) is 4.08. The summed E-state index contributed by atoms with van der Waals surface area (Å²) in [6.45, 7) is 1.97. The van der Waals surface area contributed by atoms with E-state index in [9.17, 15) is 0 Å². The van der Waals surface area contributed by atoms with Gasteiger partial charge in [-0.1, -0.05) is 11.6 Å². The molecular formula is C15H14ClNO2. The fourth-order valence-corrected chi connectivity index (χ4v) is 3.20. The maximum atomic E-state index is 6.07. The third-order valence-electron chi connectivity index (χ3n) is 3.85. The van der Waals surface area contributed by atoms with Crippen LogP contribution >= 0.6 is 11.6 Å². The van der Waals surface area contributed by atoms with Gasteiger partial charge in [0.2, 0.25) is 0 Å². The second-order valence-electron chi connectivity index (χ2n) is 5.23. The first kappa shape index (κ1) is 11.4. The Balaban J connectivity index is 1.77. The molecule has 1 aromatic heterocycles. The van der Waals surface area contributed by atoms with E-state index in [-0.39, 0.29) is 12.1 Å². The number of nitrogens with zero attached hydrogens (tertiary/aromatic N) is 1. The molecule has 19 heavy (non-hydrogen) atoms. The molecule has 4 rings (SSSR count). The Labute approximate surface area is 116 Å². The molecular weight excluding hydrogens is 262 g/mol. The number of fused-ring (bicyclic) bond motifs is 4. The van der Waals surface area contributed by atoms with E-state index < -0.39 is 0 Å². The largest absolute Gasteiger partial charge is 0.464 e. The van der Waals surface area contributed by atoms with Crippen molar-refractivity contribution in [3.63, 3.8) is 0 Å². The number of anilines is 1. The van der Waals surface area contributed by atoms with Gasteiger partial charge in [0.1, 0.15) is 17.6 Å². The molecule has 1 saturated heterocycles. The van der Waals surface area contributed by atoms with Gasteiger partial charge in [-0.05, 0) is 42.8 Å². The molecule has 2 bridgehead atoms. The summed E-state index contributed by atoms with van der Waals surface area (Å²) in [5.74, 6) is 1.91. The van der Waals surface area contributed by atoms with Crippen LogP contribution in [0.5, 0.6) is 0 Å². The topological polar surface area (TPSA) is 25.6 Å². The SMILES string of the molecule is Cc1ccc([C@@H]2C[C@@H]3Cc4cc(Cl)ccc4N2O3)o1. The highest BCUT2D eigenvalue weighted by atomic mass is 35.5. The second kappa shape index (κ2) is 4.02. The van der Waals surface area contributed by atoms with Crippen LogP contribution < -0.4 is 5.06 Å². The van der Waals surface area contributed by atoms with Crippen LogP contribution in [0.25, 0.3) is 0 Å². The highest BCUT2D eigenvalue weighted by molar-refractivity contribution is 6.30. The van der Waals surface area contributed by atoms with Crippen LogP contribution in [-0.2, 0) is 11.3 Å². The van der Waals surface area contributed by atoms with Crippen LogP contribution in [0.1, 0.15) is 29.5 Å². The van der Waals surface area contributed by atoms with Crippen molar-refractivity contribution in [2.45, 2.75) is 31.9 Å². The maximum absolute atomic E-state index is 6.07. The second-order valence-corrected chi connectivity index (χ2v) is 5.67. The molecule has 0 aliphatic carbocycles. The zero-order valence-corrected chi connectivity index (χ0v) is 11.4. The lowest BCUT2D eigenvalue weighted by atomic mass is 10.0. The Morgan fingerprint density at radius 2 is 2.16 bits per heavy atom. The normalized spacial score (nSPS) is 24.6. The summed E-state index contributed by atoms with van der Waals surface area (Å²) in [5.41, 5.74) is 2.37. The lowest BCUT2D eigenvalue weighted by Gasteiger charge is -2.29. The molecule has 3 nitrogen and oxygen atoms in total. The zero-order chi connectivity index (χ0) is 13.0. The number of benzene rings is 1. The van der Waals surface area contributed by atoms with Crippen molar-refractivity contribution in [1.82, 2.24) is 0 Å². The van der Waals surface area contributed by atoms with Crippen molar-refractivity contribution in [1.29, 1.82) is 0 Å². The number of aryl methyl sites for hydroxylation is 1. The Morgan fingerprint density at radius 1 is 1.26 bits per heavy atom. The van der Waals surface area contributed by atoms with Crippen molar-refractivity contribution in [3.05, 3.63) is 52.4 Å². The third kappa shape index (κ3) is 1.77. The number of hydrogen-bond donors (Lipinski definition) is 0. The van der Waals surface area contributed by atoms with E-state index in [1.165, 1.54) is 5.56 Å². The molecule has 0 spiro atoms. The first-order chi connectivity index (χ1) is 9.20. The van der Waals surface area contributed by atoms with Crippen LogP contribution in [0.4, 0.5) is 5.69 Å². The first-order valence-electron chi connectivity index (χ1n) is 6.51. The average Bonchev–Trinajstić information content (AvgIpc) is 2.94. The first-order valence-corrected chi connectivity index (χ1v) is 6.89. The molecule has 4 heteroatoms. The quantitative estimate of drug-likeness (QED) is 0.785. The maximum Gasteiger partial charge on any atom is 0.129 e. The van der Waals surface area contributed by atoms with E-state index in [4.69, 9.17) is 20.9 Å². The van der Waals surface area contributed by atoms with Gasteiger partial charge in [0, 0.05) is 17.9 Å². The summed E-state index contributed by atoms with van der Waals surface area (Å²) in [4.78, 5) is 5.97.